The van der Waals surface area contributed by atoms with Crippen molar-refractivity contribution in [1.29, 1.82) is 0 Å². The van der Waals surface area contributed by atoms with E-state index in [9.17, 15) is 0 Å². The summed E-state index contributed by atoms with van der Waals surface area (Å²) in [7, 11) is -2.28. The SMILES string of the molecule is C=CC[Si](C)(C)C/C=C/CCC(C=C)[Si](C)(C)CC=C. The van der Waals surface area contributed by atoms with E-state index in [1.165, 1.54) is 31.0 Å². The van der Waals surface area contributed by atoms with Crippen LogP contribution in [0.2, 0.25) is 49.9 Å². The van der Waals surface area contributed by atoms with E-state index in [4.69, 9.17) is 0 Å². The highest BCUT2D eigenvalue weighted by Gasteiger charge is 2.27. The standard InChI is InChI=1S/C18H34Si2/c1-8-15-19(4,5)17-13-11-12-14-18(10-3)20(6,7)16-9-2/h8-11,13,18H,1-3,12,14-17H2,4-7H3/b13-11+. The third-order valence-corrected chi connectivity index (χ3v) is 10.7. The molecule has 0 nitrogen and oxygen atoms in total. The molecule has 0 amide bonds. The lowest BCUT2D eigenvalue weighted by molar-refractivity contribution is 0.834. The second kappa shape index (κ2) is 9.35. The smallest absolute Gasteiger partial charge is 0.0580 e. The van der Waals surface area contributed by atoms with Gasteiger partial charge >= 0.3 is 0 Å². The zero-order chi connectivity index (χ0) is 15.6. The minimum absolute atomic E-state index is 0.698. The van der Waals surface area contributed by atoms with Crippen LogP contribution < -0.4 is 0 Å². The van der Waals surface area contributed by atoms with Crippen LogP contribution in [0.5, 0.6) is 0 Å². The van der Waals surface area contributed by atoms with Gasteiger partial charge in [-0.2, -0.15) is 0 Å². The van der Waals surface area contributed by atoms with Crippen molar-refractivity contribution >= 4 is 16.1 Å². The van der Waals surface area contributed by atoms with E-state index in [2.05, 4.69) is 76.3 Å². The fourth-order valence-corrected chi connectivity index (χ4v) is 7.01. The summed E-state index contributed by atoms with van der Waals surface area (Å²) < 4.78 is 0. The molecule has 0 N–H and O–H groups in total. The molecule has 1 atom stereocenters. The number of hydrogen-bond acceptors (Lipinski definition) is 0. The van der Waals surface area contributed by atoms with Crippen LogP contribution in [0.15, 0.2) is 50.1 Å². The molecule has 0 aliphatic rings. The van der Waals surface area contributed by atoms with Gasteiger partial charge in [-0.25, -0.2) is 0 Å². The van der Waals surface area contributed by atoms with E-state index >= 15 is 0 Å². The molecule has 0 saturated carbocycles. The third-order valence-electron chi connectivity index (χ3n) is 4.14. The van der Waals surface area contributed by atoms with Gasteiger partial charge in [-0.3, -0.25) is 0 Å². The Bertz CT molecular complexity index is 337. The fraction of sp³-hybridized carbons (Fsp3) is 0.556. The Labute approximate surface area is 129 Å². The van der Waals surface area contributed by atoms with Crippen molar-refractivity contribution in [2.75, 3.05) is 0 Å². The summed E-state index contributed by atoms with van der Waals surface area (Å²) in [5, 5.41) is 0. The van der Waals surface area contributed by atoms with Crippen LogP contribution in [0.25, 0.3) is 0 Å². The lowest BCUT2D eigenvalue weighted by Gasteiger charge is -2.29. The first kappa shape index (κ1) is 19.4. The van der Waals surface area contributed by atoms with Crippen molar-refractivity contribution in [2.24, 2.45) is 0 Å². The zero-order valence-electron chi connectivity index (χ0n) is 14.1. The quantitative estimate of drug-likeness (QED) is 0.295. The first-order valence-corrected chi connectivity index (χ1v) is 14.5. The lowest BCUT2D eigenvalue weighted by Crippen LogP contribution is -2.30. The Morgan fingerprint density at radius 1 is 0.850 bits per heavy atom. The molecule has 0 aliphatic carbocycles. The van der Waals surface area contributed by atoms with Gasteiger partial charge in [0.2, 0.25) is 0 Å². The summed E-state index contributed by atoms with van der Waals surface area (Å²) >= 11 is 0. The maximum absolute atomic E-state index is 4.04. The molecular weight excluding hydrogens is 272 g/mol. The summed E-state index contributed by atoms with van der Waals surface area (Å²) in [5.74, 6) is 0. The maximum atomic E-state index is 4.04. The summed E-state index contributed by atoms with van der Waals surface area (Å²) in [6.07, 6.45) is 13.6. The first-order chi connectivity index (χ1) is 9.29. The van der Waals surface area contributed by atoms with Crippen molar-refractivity contribution in [3.63, 3.8) is 0 Å². The Morgan fingerprint density at radius 2 is 1.45 bits per heavy atom. The van der Waals surface area contributed by atoms with Crippen LogP contribution in [0.3, 0.4) is 0 Å². The van der Waals surface area contributed by atoms with E-state index in [0.29, 0.717) is 5.54 Å². The maximum Gasteiger partial charge on any atom is 0.0580 e. The van der Waals surface area contributed by atoms with Crippen molar-refractivity contribution in [3.05, 3.63) is 50.1 Å². The van der Waals surface area contributed by atoms with Gasteiger partial charge in [0.05, 0.1) is 16.1 Å². The molecule has 0 aromatic carbocycles. The normalized spacial score (nSPS) is 14.2. The Hall–Kier alpha value is -0.606. The molecule has 0 aromatic heterocycles. The molecule has 0 fully saturated rings. The molecule has 20 heavy (non-hydrogen) atoms. The fourth-order valence-electron chi connectivity index (χ4n) is 2.62. The molecule has 114 valence electrons. The number of rotatable bonds is 11. The van der Waals surface area contributed by atoms with E-state index < -0.39 is 16.1 Å². The molecule has 0 aromatic rings. The highest BCUT2D eigenvalue weighted by molar-refractivity contribution is 6.79. The van der Waals surface area contributed by atoms with Gasteiger partial charge in [-0.05, 0) is 36.5 Å². The van der Waals surface area contributed by atoms with Gasteiger partial charge < -0.3 is 0 Å². The minimum atomic E-state index is -1.22. The highest BCUT2D eigenvalue weighted by Crippen LogP contribution is 2.31. The highest BCUT2D eigenvalue weighted by atomic mass is 28.3. The summed E-state index contributed by atoms with van der Waals surface area (Å²) in [5.41, 5.74) is 0.698. The second-order valence-corrected chi connectivity index (χ2v) is 17.5. The molecule has 0 aliphatic heterocycles. The zero-order valence-corrected chi connectivity index (χ0v) is 16.1. The Morgan fingerprint density at radius 3 is 1.95 bits per heavy atom. The van der Waals surface area contributed by atoms with Crippen LogP contribution in [-0.2, 0) is 0 Å². The molecule has 0 spiro atoms. The first-order valence-electron chi connectivity index (χ1n) is 7.78. The Balaban J connectivity index is 4.23. The van der Waals surface area contributed by atoms with Gasteiger partial charge in [0.1, 0.15) is 0 Å². The molecular formula is C18H34Si2. The molecule has 0 heterocycles. The van der Waals surface area contributed by atoms with Crippen molar-refractivity contribution in [3.8, 4) is 0 Å². The summed E-state index contributed by atoms with van der Waals surface area (Å²) in [6.45, 7) is 21.6. The molecule has 0 saturated heterocycles. The summed E-state index contributed by atoms with van der Waals surface area (Å²) in [4.78, 5) is 0. The monoisotopic (exact) mass is 306 g/mol. The van der Waals surface area contributed by atoms with Gasteiger partial charge in [0.25, 0.3) is 0 Å². The average molecular weight is 307 g/mol. The molecule has 0 radical (unpaired) electrons. The van der Waals surface area contributed by atoms with Crippen molar-refractivity contribution in [1.82, 2.24) is 0 Å². The third kappa shape index (κ3) is 7.86. The lowest BCUT2D eigenvalue weighted by atomic mass is 10.2. The Kier molecular flexibility index (Phi) is 9.07. The predicted molar refractivity (Wildman–Crippen MR) is 102 cm³/mol. The van der Waals surface area contributed by atoms with E-state index in [-0.39, 0.29) is 0 Å². The van der Waals surface area contributed by atoms with E-state index in [1.807, 2.05) is 0 Å². The molecule has 0 bridgehead atoms. The predicted octanol–water partition coefficient (Wildman–Crippen LogP) is 6.67. The summed E-state index contributed by atoms with van der Waals surface area (Å²) in [6, 6.07) is 3.67. The van der Waals surface area contributed by atoms with Crippen LogP contribution in [0.1, 0.15) is 12.8 Å². The molecule has 2 heteroatoms. The van der Waals surface area contributed by atoms with Crippen molar-refractivity contribution in [2.45, 2.75) is 62.7 Å². The van der Waals surface area contributed by atoms with E-state index in [0.717, 1.165) is 0 Å². The number of allylic oxidation sites excluding steroid dienone is 5. The van der Waals surface area contributed by atoms with Gasteiger partial charge in [0, 0.05) is 0 Å². The largest absolute Gasteiger partial charge is 0.103 e. The minimum Gasteiger partial charge on any atom is -0.103 e. The van der Waals surface area contributed by atoms with Crippen LogP contribution >= 0.6 is 0 Å². The van der Waals surface area contributed by atoms with E-state index in [1.54, 1.807) is 0 Å². The topological polar surface area (TPSA) is 0 Å². The second-order valence-electron chi connectivity index (χ2n) is 7.23. The van der Waals surface area contributed by atoms with Crippen LogP contribution in [0, 0.1) is 0 Å². The van der Waals surface area contributed by atoms with Crippen LogP contribution in [0.4, 0.5) is 0 Å². The number of hydrogen-bond donors (Lipinski definition) is 0. The van der Waals surface area contributed by atoms with Crippen LogP contribution in [-0.4, -0.2) is 16.1 Å². The van der Waals surface area contributed by atoms with Gasteiger partial charge in [-0.1, -0.05) is 56.6 Å². The van der Waals surface area contributed by atoms with Gasteiger partial charge in [-0.15, -0.1) is 19.7 Å². The average Bonchev–Trinajstić information content (AvgIpc) is 2.33. The van der Waals surface area contributed by atoms with Gasteiger partial charge in [0.15, 0.2) is 0 Å². The molecule has 1 unspecified atom stereocenters. The molecule has 0 rings (SSSR count). The van der Waals surface area contributed by atoms with Crippen molar-refractivity contribution < 1.29 is 0 Å².